The van der Waals surface area contributed by atoms with Crippen LogP contribution < -0.4 is 14.5 Å². The van der Waals surface area contributed by atoms with Crippen molar-refractivity contribution in [3.05, 3.63) is 46.3 Å². The number of nitrogens with zero attached hydrogens (tertiary/aromatic N) is 1. The van der Waals surface area contributed by atoms with Gasteiger partial charge in [-0.1, -0.05) is 23.7 Å². The number of hydrogen-bond acceptors (Lipinski definition) is 4. The quantitative estimate of drug-likeness (QED) is 0.730. The number of likely N-dealkylation sites (tertiary alicyclic amines) is 1. The first-order valence-corrected chi connectivity index (χ1v) is 11.4. The van der Waals surface area contributed by atoms with Gasteiger partial charge in [-0.3, -0.25) is 0 Å². The highest BCUT2D eigenvalue weighted by Crippen LogP contribution is 2.25. The van der Waals surface area contributed by atoms with Crippen LogP contribution in [0, 0.1) is 0 Å². The predicted octanol–water partition coefficient (Wildman–Crippen LogP) is 2.17. The van der Waals surface area contributed by atoms with E-state index >= 15 is 0 Å². The number of halogens is 1. The molecule has 142 valence electrons. The number of nitrogens with one attached hydrogen (secondary N) is 2. The zero-order valence-electron chi connectivity index (χ0n) is 15.0. The van der Waals surface area contributed by atoms with Crippen molar-refractivity contribution in [1.82, 2.24) is 4.72 Å². The zero-order chi connectivity index (χ0) is 18.7. The maximum Gasteiger partial charge on any atom is 0.250 e. The average Bonchev–Trinajstić information content (AvgIpc) is 3.27. The van der Waals surface area contributed by atoms with Crippen LogP contribution in [0.4, 0.5) is 5.69 Å². The second-order valence-corrected chi connectivity index (χ2v) is 10.5. The summed E-state index contributed by atoms with van der Waals surface area (Å²) < 4.78 is 28.7. The molecule has 1 aliphatic heterocycles. The fourth-order valence-electron chi connectivity index (χ4n) is 3.39. The normalized spacial score (nSPS) is 16.7. The van der Waals surface area contributed by atoms with Crippen LogP contribution in [0.1, 0.15) is 24.4 Å². The minimum Gasteiger partial charge on any atom is -0.378 e. The molecule has 1 aromatic heterocycles. The van der Waals surface area contributed by atoms with Gasteiger partial charge in [0, 0.05) is 38.2 Å². The largest absolute Gasteiger partial charge is 0.378 e. The van der Waals surface area contributed by atoms with Gasteiger partial charge in [-0.2, -0.15) is 0 Å². The van der Waals surface area contributed by atoms with Crippen molar-refractivity contribution in [3.8, 4) is 0 Å². The van der Waals surface area contributed by atoms with E-state index in [0.29, 0.717) is 10.9 Å². The van der Waals surface area contributed by atoms with Crippen LogP contribution in [-0.4, -0.2) is 42.1 Å². The van der Waals surface area contributed by atoms with Gasteiger partial charge in [0.25, 0.3) is 0 Å². The molecule has 1 saturated heterocycles. The summed E-state index contributed by atoms with van der Waals surface area (Å²) in [6.45, 7) is 2.54. The first-order chi connectivity index (χ1) is 12.4. The molecule has 2 aromatic rings. The van der Waals surface area contributed by atoms with Crippen LogP contribution in [-0.2, 0) is 10.0 Å². The summed E-state index contributed by atoms with van der Waals surface area (Å²) in [5, 5.41) is 0. The Morgan fingerprint density at radius 1 is 1.15 bits per heavy atom. The lowest BCUT2D eigenvalue weighted by Crippen LogP contribution is -3.11. The van der Waals surface area contributed by atoms with E-state index < -0.39 is 10.0 Å². The Morgan fingerprint density at radius 3 is 2.35 bits per heavy atom. The minimum absolute atomic E-state index is 0.110. The van der Waals surface area contributed by atoms with Crippen LogP contribution in [0.5, 0.6) is 0 Å². The Labute approximate surface area is 164 Å². The van der Waals surface area contributed by atoms with E-state index in [-0.39, 0.29) is 10.3 Å². The molecule has 0 unspecified atom stereocenters. The van der Waals surface area contributed by atoms with Crippen LogP contribution in [0.15, 0.2) is 40.6 Å². The van der Waals surface area contributed by atoms with Crippen molar-refractivity contribution >= 4 is 38.6 Å². The SMILES string of the molecule is CN(C)c1ccc([C@@H](CNS(=O)(=O)c2ccc(Cl)s2)[NH+]2CCCC2)cc1. The first-order valence-electron chi connectivity index (χ1n) is 8.74. The summed E-state index contributed by atoms with van der Waals surface area (Å²) >= 11 is 6.97. The Hall–Kier alpha value is -1.12. The molecule has 2 heterocycles. The molecule has 0 spiro atoms. The van der Waals surface area contributed by atoms with Gasteiger partial charge in [-0.15, -0.1) is 11.3 Å². The smallest absolute Gasteiger partial charge is 0.250 e. The molecule has 1 fully saturated rings. The number of hydrogen-bond donors (Lipinski definition) is 2. The molecule has 26 heavy (non-hydrogen) atoms. The monoisotopic (exact) mass is 414 g/mol. The topological polar surface area (TPSA) is 53.9 Å². The van der Waals surface area contributed by atoms with Gasteiger partial charge in [-0.05, 0) is 24.3 Å². The highest BCUT2D eigenvalue weighted by molar-refractivity contribution is 7.91. The third kappa shape index (κ3) is 4.58. The fourth-order valence-corrected chi connectivity index (χ4v) is 5.96. The lowest BCUT2D eigenvalue weighted by Gasteiger charge is -2.25. The predicted molar refractivity (Wildman–Crippen MR) is 108 cm³/mol. The van der Waals surface area contributed by atoms with Crippen LogP contribution >= 0.6 is 22.9 Å². The molecule has 1 aromatic carbocycles. The molecule has 0 saturated carbocycles. The molecule has 0 radical (unpaired) electrons. The highest BCUT2D eigenvalue weighted by Gasteiger charge is 2.29. The summed E-state index contributed by atoms with van der Waals surface area (Å²) in [6, 6.07) is 11.7. The highest BCUT2D eigenvalue weighted by atomic mass is 35.5. The third-order valence-electron chi connectivity index (χ3n) is 4.84. The van der Waals surface area contributed by atoms with Gasteiger partial charge in [0.1, 0.15) is 10.3 Å². The lowest BCUT2D eigenvalue weighted by molar-refractivity contribution is -0.918. The molecule has 2 N–H and O–H groups in total. The number of sulfonamides is 1. The second kappa shape index (κ2) is 8.27. The van der Waals surface area contributed by atoms with Gasteiger partial charge >= 0.3 is 0 Å². The van der Waals surface area contributed by atoms with E-state index in [4.69, 9.17) is 11.6 Å². The van der Waals surface area contributed by atoms with Gasteiger partial charge in [-0.25, -0.2) is 13.1 Å². The van der Waals surface area contributed by atoms with Crippen molar-refractivity contribution in [1.29, 1.82) is 0 Å². The van der Waals surface area contributed by atoms with E-state index in [2.05, 4.69) is 33.9 Å². The maximum absolute atomic E-state index is 12.6. The van der Waals surface area contributed by atoms with Gasteiger partial charge < -0.3 is 9.80 Å². The van der Waals surface area contributed by atoms with E-state index in [1.165, 1.54) is 23.3 Å². The standard InChI is InChI=1S/C18H24ClN3O2S2/c1-21(2)15-7-5-14(6-8-15)16(22-11-3-4-12-22)13-20-26(23,24)18-10-9-17(19)25-18/h5-10,16,20H,3-4,11-13H2,1-2H3/p+1/t16-/m1/s1. The number of thiophene rings is 1. The summed E-state index contributed by atoms with van der Waals surface area (Å²) in [6.07, 6.45) is 2.38. The molecule has 0 aliphatic carbocycles. The van der Waals surface area contributed by atoms with E-state index in [1.807, 2.05) is 14.1 Å². The second-order valence-electron chi connectivity index (χ2n) is 6.81. The summed E-state index contributed by atoms with van der Waals surface area (Å²) in [5.74, 6) is 0. The molecule has 5 nitrogen and oxygen atoms in total. The summed E-state index contributed by atoms with van der Waals surface area (Å²) in [7, 11) is 0.494. The average molecular weight is 415 g/mol. The van der Waals surface area contributed by atoms with Crippen LogP contribution in [0.2, 0.25) is 4.34 Å². The number of quaternary nitrogens is 1. The fraction of sp³-hybridized carbons (Fsp3) is 0.444. The number of rotatable bonds is 7. The van der Waals surface area contributed by atoms with Gasteiger partial charge in [0.15, 0.2) is 0 Å². The Balaban J connectivity index is 1.78. The Kier molecular flexibility index (Phi) is 6.25. The molecular formula is C18H25ClN3O2S2+. The maximum atomic E-state index is 12.6. The summed E-state index contributed by atoms with van der Waals surface area (Å²) in [4.78, 5) is 3.50. The molecule has 0 bridgehead atoms. The minimum atomic E-state index is -3.53. The molecule has 1 atom stereocenters. The van der Waals surface area contributed by atoms with E-state index in [1.54, 1.807) is 12.1 Å². The molecular weight excluding hydrogens is 390 g/mol. The Morgan fingerprint density at radius 2 is 1.81 bits per heavy atom. The summed E-state index contributed by atoms with van der Waals surface area (Å²) in [5.41, 5.74) is 2.30. The Bertz CT molecular complexity index is 828. The van der Waals surface area contributed by atoms with Crippen LogP contribution in [0.25, 0.3) is 0 Å². The number of anilines is 1. The van der Waals surface area contributed by atoms with Crippen LogP contribution in [0.3, 0.4) is 0 Å². The molecule has 0 amide bonds. The van der Waals surface area contributed by atoms with Crippen molar-refractivity contribution < 1.29 is 13.3 Å². The van der Waals surface area contributed by atoms with E-state index in [0.717, 1.165) is 30.1 Å². The van der Waals surface area contributed by atoms with Crippen molar-refractivity contribution in [2.45, 2.75) is 23.1 Å². The molecule has 8 heteroatoms. The molecule has 1 aliphatic rings. The van der Waals surface area contributed by atoms with Gasteiger partial charge in [0.2, 0.25) is 10.0 Å². The van der Waals surface area contributed by atoms with E-state index in [9.17, 15) is 8.42 Å². The first kappa shape index (κ1) is 19.6. The van der Waals surface area contributed by atoms with Gasteiger partial charge in [0.05, 0.1) is 24.0 Å². The number of benzene rings is 1. The van der Waals surface area contributed by atoms with Crippen molar-refractivity contribution in [2.75, 3.05) is 38.6 Å². The molecule has 3 rings (SSSR count). The lowest BCUT2D eigenvalue weighted by atomic mass is 10.1. The third-order valence-corrected chi connectivity index (χ3v) is 7.99. The van der Waals surface area contributed by atoms with Crippen molar-refractivity contribution in [3.63, 3.8) is 0 Å². The van der Waals surface area contributed by atoms with Crippen molar-refractivity contribution in [2.24, 2.45) is 0 Å². The zero-order valence-corrected chi connectivity index (χ0v) is 17.4.